The van der Waals surface area contributed by atoms with Gasteiger partial charge in [0, 0.05) is 36.6 Å². The van der Waals surface area contributed by atoms with E-state index in [0.29, 0.717) is 35.7 Å². The molecule has 7 heteroatoms. The van der Waals surface area contributed by atoms with Crippen LogP contribution >= 0.6 is 0 Å². The Balaban J connectivity index is 1.45. The van der Waals surface area contributed by atoms with E-state index in [2.05, 4.69) is 15.6 Å². The molecule has 0 aliphatic carbocycles. The summed E-state index contributed by atoms with van der Waals surface area (Å²) in [6, 6.07) is 8.25. The van der Waals surface area contributed by atoms with Crippen molar-refractivity contribution < 1.29 is 19.1 Å². The van der Waals surface area contributed by atoms with Gasteiger partial charge in [0.15, 0.2) is 11.5 Å². The lowest BCUT2D eigenvalue weighted by atomic mass is 10.2. The van der Waals surface area contributed by atoms with Crippen molar-refractivity contribution in [3.05, 3.63) is 53.9 Å². The van der Waals surface area contributed by atoms with Gasteiger partial charge in [-0.05, 0) is 30.3 Å². The van der Waals surface area contributed by atoms with E-state index in [1.165, 1.54) is 0 Å². The van der Waals surface area contributed by atoms with Crippen LogP contribution in [-0.2, 0) is 0 Å². The summed E-state index contributed by atoms with van der Waals surface area (Å²) in [4.78, 5) is 27.7. The molecule has 1 aromatic heterocycles. The minimum Gasteiger partial charge on any atom is -0.454 e. The Kier molecular flexibility index (Phi) is 4.37. The third kappa shape index (κ3) is 3.57. The molecule has 23 heavy (non-hydrogen) atoms. The van der Waals surface area contributed by atoms with E-state index in [1.54, 1.807) is 42.7 Å². The van der Waals surface area contributed by atoms with Crippen molar-refractivity contribution in [3.8, 4) is 11.5 Å². The summed E-state index contributed by atoms with van der Waals surface area (Å²) in [7, 11) is 0. The molecule has 0 atom stereocenters. The van der Waals surface area contributed by atoms with Gasteiger partial charge in [0.1, 0.15) is 0 Å². The van der Waals surface area contributed by atoms with Gasteiger partial charge >= 0.3 is 0 Å². The fraction of sp³-hybridized carbons (Fsp3) is 0.188. The first-order valence-electron chi connectivity index (χ1n) is 7.10. The standard InChI is InChI=1S/C16H15N3O4/c20-15(11-3-5-17-6-4-11)18-7-8-19-16(21)12-1-2-13-14(9-12)23-10-22-13/h1-6,9H,7-8,10H2,(H,18,20)(H,19,21). The number of rotatable bonds is 5. The summed E-state index contributed by atoms with van der Waals surface area (Å²) >= 11 is 0. The van der Waals surface area contributed by atoms with Crippen LogP contribution in [0.25, 0.3) is 0 Å². The van der Waals surface area contributed by atoms with Crippen molar-refractivity contribution in [2.75, 3.05) is 19.9 Å². The zero-order valence-electron chi connectivity index (χ0n) is 12.2. The van der Waals surface area contributed by atoms with Crippen LogP contribution in [0.15, 0.2) is 42.7 Å². The average Bonchev–Trinajstić information content (AvgIpc) is 3.06. The maximum atomic E-state index is 12.0. The highest BCUT2D eigenvalue weighted by atomic mass is 16.7. The van der Waals surface area contributed by atoms with Crippen LogP contribution in [0.3, 0.4) is 0 Å². The lowest BCUT2D eigenvalue weighted by Crippen LogP contribution is -2.34. The minimum absolute atomic E-state index is 0.168. The monoisotopic (exact) mass is 313 g/mol. The van der Waals surface area contributed by atoms with Crippen LogP contribution in [0.5, 0.6) is 11.5 Å². The summed E-state index contributed by atoms with van der Waals surface area (Å²) in [5.74, 6) is 0.751. The van der Waals surface area contributed by atoms with Crippen molar-refractivity contribution in [1.82, 2.24) is 15.6 Å². The summed E-state index contributed by atoms with van der Waals surface area (Å²) in [6.07, 6.45) is 3.10. The van der Waals surface area contributed by atoms with E-state index >= 15 is 0 Å². The summed E-state index contributed by atoms with van der Waals surface area (Å²) < 4.78 is 10.4. The Morgan fingerprint density at radius 3 is 2.30 bits per heavy atom. The van der Waals surface area contributed by atoms with Gasteiger partial charge in [0.25, 0.3) is 11.8 Å². The number of fused-ring (bicyclic) bond motifs is 1. The Morgan fingerprint density at radius 1 is 0.913 bits per heavy atom. The number of pyridine rings is 1. The average molecular weight is 313 g/mol. The van der Waals surface area contributed by atoms with E-state index in [9.17, 15) is 9.59 Å². The normalized spacial score (nSPS) is 11.8. The van der Waals surface area contributed by atoms with Crippen molar-refractivity contribution >= 4 is 11.8 Å². The molecule has 118 valence electrons. The molecule has 0 spiro atoms. The van der Waals surface area contributed by atoms with Gasteiger partial charge < -0.3 is 20.1 Å². The molecule has 2 N–H and O–H groups in total. The van der Waals surface area contributed by atoms with Gasteiger partial charge in [0.2, 0.25) is 6.79 Å². The van der Waals surface area contributed by atoms with Gasteiger partial charge in [-0.25, -0.2) is 0 Å². The van der Waals surface area contributed by atoms with E-state index in [0.717, 1.165) is 0 Å². The van der Waals surface area contributed by atoms with Crippen molar-refractivity contribution in [2.45, 2.75) is 0 Å². The molecule has 1 aliphatic heterocycles. The summed E-state index contributed by atoms with van der Waals surface area (Å²) in [6.45, 7) is 0.822. The van der Waals surface area contributed by atoms with Gasteiger partial charge in [-0.3, -0.25) is 14.6 Å². The molecular weight excluding hydrogens is 298 g/mol. The molecule has 0 saturated heterocycles. The van der Waals surface area contributed by atoms with Crippen molar-refractivity contribution in [1.29, 1.82) is 0 Å². The number of benzene rings is 1. The number of carbonyl (C=O) groups is 2. The number of nitrogens with zero attached hydrogens (tertiary/aromatic N) is 1. The number of ether oxygens (including phenoxy) is 2. The quantitative estimate of drug-likeness (QED) is 0.803. The molecule has 7 nitrogen and oxygen atoms in total. The zero-order valence-corrected chi connectivity index (χ0v) is 12.2. The zero-order chi connectivity index (χ0) is 16.1. The minimum atomic E-state index is -0.235. The van der Waals surface area contributed by atoms with Crippen molar-refractivity contribution in [3.63, 3.8) is 0 Å². The van der Waals surface area contributed by atoms with E-state index in [-0.39, 0.29) is 18.6 Å². The Labute approximate surface area is 132 Å². The molecule has 1 aliphatic rings. The van der Waals surface area contributed by atoms with Crippen LogP contribution in [0.1, 0.15) is 20.7 Å². The largest absolute Gasteiger partial charge is 0.454 e. The van der Waals surface area contributed by atoms with Gasteiger partial charge in [-0.1, -0.05) is 0 Å². The number of hydrogen-bond acceptors (Lipinski definition) is 5. The highest BCUT2D eigenvalue weighted by Crippen LogP contribution is 2.32. The first kappa shape index (κ1) is 14.8. The molecule has 0 fully saturated rings. The Hall–Kier alpha value is -3.09. The molecule has 2 aromatic rings. The topological polar surface area (TPSA) is 89.6 Å². The SMILES string of the molecule is O=C(NCCNC(=O)c1ccc2c(c1)OCO2)c1ccncc1. The summed E-state index contributed by atoms with van der Waals surface area (Å²) in [5.41, 5.74) is 1.01. The summed E-state index contributed by atoms with van der Waals surface area (Å²) in [5, 5.41) is 5.46. The maximum Gasteiger partial charge on any atom is 0.251 e. The number of aromatic nitrogens is 1. The van der Waals surface area contributed by atoms with Gasteiger partial charge in [-0.15, -0.1) is 0 Å². The number of amides is 2. The fourth-order valence-electron chi connectivity index (χ4n) is 2.10. The fourth-order valence-corrected chi connectivity index (χ4v) is 2.10. The first-order chi connectivity index (χ1) is 11.2. The second-order valence-corrected chi connectivity index (χ2v) is 4.82. The number of carbonyl (C=O) groups excluding carboxylic acids is 2. The van der Waals surface area contributed by atoms with Crippen LogP contribution in [0, 0.1) is 0 Å². The molecular formula is C16H15N3O4. The predicted molar refractivity (Wildman–Crippen MR) is 81.5 cm³/mol. The molecule has 2 amide bonds. The number of hydrogen-bond donors (Lipinski definition) is 2. The third-order valence-electron chi connectivity index (χ3n) is 3.27. The molecule has 3 rings (SSSR count). The first-order valence-corrected chi connectivity index (χ1v) is 7.10. The predicted octanol–water partition coefficient (Wildman–Crippen LogP) is 0.970. The molecule has 0 radical (unpaired) electrons. The van der Waals surface area contributed by atoms with E-state index in [1.807, 2.05) is 0 Å². The second-order valence-electron chi connectivity index (χ2n) is 4.82. The van der Waals surface area contributed by atoms with Gasteiger partial charge in [-0.2, -0.15) is 0 Å². The van der Waals surface area contributed by atoms with Gasteiger partial charge in [0.05, 0.1) is 0 Å². The van der Waals surface area contributed by atoms with E-state index in [4.69, 9.17) is 9.47 Å². The molecule has 0 bridgehead atoms. The molecule has 0 unspecified atom stereocenters. The molecule has 2 heterocycles. The second kappa shape index (κ2) is 6.78. The van der Waals surface area contributed by atoms with Crippen LogP contribution in [-0.4, -0.2) is 36.7 Å². The maximum absolute atomic E-state index is 12.0. The van der Waals surface area contributed by atoms with Crippen LogP contribution < -0.4 is 20.1 Å². The Bertz CT molecular complexity index is 719. The van der Waals surface area contributed by atoms with Crippen LogP contribution in [0.4, 0.5) is 0 Å². The number of nitrogens with one attached hydrogen (secondary N) is 2. The lowest BCUT2D eigenvalue weighted by Gasteiger charge is -2.07. The highest BCUT2D eigenvalue weighted by Gasteiger charge is 2.15. The smallest absolute Gasteiger partial charge is 0.251 e. The molecule has 0 saturated carbocycles. The molecule has 1 aromatic carbocycles. The van der Waals surface area contributed by atoms with E-state index < -0.39 is 0 Å². The van der Waals surface area contributed by atoms with Crippen LogP contribution in [0.2, 0.25) is 0 Å². The van der Waals surface area contributed by atoms with Crippen molar-refractivity contribution in [2.24, 2.45) is 0 Å². The highest BCUT2D eigenvalue weighted by molar-refractivity contribution is 5.95. The third-order valence-corrected chi connectivity index (χ3v) is 3.27. The Morgan fingerprint density at radius 2 is 1.57 bits per heavy atom. The lowest BCUT2D eigenvalue weighted by molar-refractivity contribution is 0.0927.